The first kappa shape index (κ1) is 23.2. The zero-order chi connectivity index (χ0) is 20.2. The normalized spacial score (nSPS) is 15.1. The minimum atomic E-state index is -5.62. The molecule has 1 aromatic carbocycles. The van der Waals surface area contributed by atoms with E-state index in [4.69, 9.17) is 3.87 Å². The van der Waals surface area contributed by atoms with Crippen LogP contribution >= 0.6 is 0 Å². The molecule has 0 aliphatic carbocycles. The van der Waals surface area contributed by atoms with Gasteiger partial charge >= 0.3 is 15.6 Å². The third-order valence-electron chi connectivity index (χ3n) is 5.72. The maximum atomic E-state index is 13.0. The van der Waals surface area contributed by atoms with E-state index in [9.17, 15) is 21.6 Å². The minimum Gasteiger partial charge on any atom is -0.311 e. The molecule has 0 saturated heterocycles. The second-order valence-electron chi connectivity index (χ2n) is 7.34. The summed E-state index contributed by atoms with van der Waals surface area (Å²) >= 11 is 0. The van der Waals surface area contributed by atoms with Gasteiger partial charge in [0, 0.05) is 5.04 Å². The predicted molar refractivity (Wildman–Crippen MR) is 101 cm³/mol. The van der Waals surface area contributed by atoms with Crippen LogP contribution in [0, 0.1) is 5.41 Å². The lowest BCUT2D eigenvalue weighted by Gasteiger charge is -2.40. The maximum absolute atomic E-state index is 13.0. The summed E-state index contributed by atoms with van der Waals surface area (Å²) in [6, 6.07) is 9.41. The van der Waals surface area contributed by atoms with Crippen LogP contribution in [0.2, 0.25) is 6.04 Å². The molecular weight excluding hydrogens is 381 g/mol. The number of halogens is 3. The molecule has 0 saturated carbocycles. The molecule has 0 aromatic heterocycles. The Bertz CT molecular complexity index is 660. The van der Waals surface area contributed by atoms with Crippen molar-refractivity contribution in [3.63, 3.8) is 0 Å². The van der Waals surface area contributed by atoms with Gasteiger partial charge in [0.1, 0.15) is 0 Å². The van der Waals surface area contributed by atoms with Crippen molar-refractivity contribution in [3.05, 3.63) is 35.9 Å². The summed E-state index contributed by atoms with van der Waals surface area (Å²) < 4.78 is 67.4. The van der Waals surface area contributed by atoms with Crippen molar-refractivity contribution in [1.82, 2.24) is 0 Å². The summed E-state index contributed by atoms with van der Waals surface area (Å²) in [7, 11) is -8.50. The molecule has 0 spiro atoms. The van der Waals surface area contributed by atoms with Crippen LogP contribution in [0.25, 0.3) is 0 Å². The Labute approximate surface area is 156 Å². The summed E-state index contributed by atoms with van der Waals surface area (Å²) in [6.07, 6.45) is 2.30. The Morgan fingerprint density at radius 3 is 1.81 bits per heavy atom. The number of hydrogen-bond acceptors (Lipinski definition) is 3. The van der Waals surface area contributed by atoms with Crippen LogP contribution in [0.5, 0.6) is 0 Å². The van der Waals surface area contributed by atoms with Crippen LogP contribution in [0.15, 0.2) is 30.3 Å². The lowest BCUT2D eigenvalue weighted by molar-refractivity contribution is -0.0503. The van der Waals surface area contributed by atoms with Crippen LogP contribution in [0.1, 0.15) is 59.4 Å². The predicted octanol–water partition coefficient (Wildman–Crippen LogP) is 5.31. The first-order valence-corrected chi connectivity index (χ1v) is 12.2. The first-order chi connectivity index (χ1) is 11.8. The van der Waals surface area contributed by atoms with Crippen molar-refractivity contribution in [2.24, 2.45) is 5.41 Å². The molecule has 0 aliphatic rings. The van der Waals surface area contributed by atoms with Gasteiger partial charge in [0.15, 0.2) is 0 Å². The quantitative estimate of drug-likeness (QED) is 0.409. The summed E-state index contributed by atoms with van der Waals surface area (Å²) in [5.41, 5.74) is -4.83. The zero-order valence-corrected chi connectivity index (χ0v) is 18.0. The zero-order valence-electron chi connectivity index (χ0n) is 16.1. The fourth-order valence-electron chi connectivity index (χ4n) is 3.25. The summed E-state index contributed by atoms with van der Waals surface area (Å²) in [5, 5.41) is -0.773. The molecule has 1 aromatic rings. The molecule has 0 bridgehead atoms. The van der Waals surface area contributed by atoms with Crippen molar-refractivity contribution in [2.75, 3.05) is 0 Å². The van der Waals surface area contributed by atoms with E-state index in [1.165, 1.54) is 0 Å². The van der Waals surface area contributed by atoms with Gasteiger partial charge in [-0.25, -0.2) is 0 Å². The Balaban J connectivity index is 3.38. The van der Waals surface area contributed by atoms with Gasteiger partial charge in [0.25, 0.3) is 0 Å². The number of alkyl halides is 3. The number of hydrogen-bond donors (Lipinski definition) is 0. The highest BCUT2D eigenvalue weighted by Crippen LogP contribution is 2.42. The van der Waals surface area contributed by atoms with Gasteiger partial charge in [-0.2, -0.15) is 21.6 Å². The molecule has 0 fully saturated rings. The molecule has 8 heteroatoms. The van der Waals surface area contributed by atoms with Crippen LogP contribution in [-0.2, 0) is 19.0 Å². The van der Waals surface area contributed by atoms with Crippen LogP contribution in [0.3, 0.4) is 0 Å². The van der Waals surface area contributed by atoms with E-state index in [0.717, 1.165) is 24.8 Å². The molecule has 0 amide bonds. The Morgan fingerprint density at radius 2 is 1.42 bits per heavy atom. The van der Waals surface area contributed by atoms with Crippen LogP contribution in [0.4, 0.5) is 13.2 Å². The van der Waals surface area contributed by atoms with E-state index in [1.54, 1.807) is 26.0 Å². The average Bonchev–Trinajstić information content (AvgIpc) is 2.58. The fraction of sp³-hybridized carbons (Fsp3) is 0.667. The Hall–Kier alpha value is -0.863. The van der Waals surface area contributed by atoms with Crippen molar-refractivity contribution in [1.29, 1.82) is 0 Å². The van der Waals surface area contributed by atoms with E-state index < -0.39 is 29.7 Å². The molecule has 150 valence electrons. The van der Waals surface area contributed by atoms with Crippen molar-refractivity contribution >= 4 is 19.2 Å². The average molecular weight is 411 g/mol. The number of benzene rings is 1. The van der Waals surface area contributed by atoms with E-state index in [-0.39, 0.29) is 5.41 Å². The third-order valence-corrected chi connectivity index (χ3v) is 11.4. The lowest BCUT2D eigenvalue weighted by atomic mass is 9.82. The molecular formula is C18H29F3O3SSi. The van der Waals surface area contributed by atoms with Gasteiger partial charge in [-0.3, -0.25) is 0 Å². The van der Waals surface area contributed by atoms with E-state index >= 15 is 0 Å². The lowest BCUT2D eigenvalue weighted by Crippen LogP contribution is -2.47. The van der Waals surface area contributed by atoms with Gasteiger partial charge in [0.2, 0.25) is 9.04 Å². The maximum Gasteiger partial charge on any atom is 0.522 e. The van der Waals surface area contributed by atoms with Crippen molar-refractivity contribution in [2.45, 2.75) is 70.5 Å². The third kappa shape index (κ3) is 5.10. The number of rotatable bonds is 9. The van der Waals surface area contributed by atoms with Crippen molar-refractivity contribution < 1.29 is 25.5 Å². The van der Waals surface area contributed by atoms with Crippen LogP contribution in [-0.4, -0.2) is 23.0 Å². The summed E-state index contributed by atoms with van der Waals surface area (Å²) in [5.74, 6) is 0. The van der Waals surface area contributed by atoms with Gasteiger partial charge < -0.3 is 3.87 Å². The highest BCUT2D eigenvalue weighted by atomic mass is 32.2. The Morgan fingerprint density at radius 1 is 0.962 bits per heavy atom. The topological polar surface area (TPSA) is 43.4 Å². The van der Waals surface area contributed by atoms with Gasteiger partial charge in [-0.05, 0) is 17.0 Å². The van der Waals surface area contributed by atoms with Gasteiger partial charge in [-0.1, -0.05) is 84.2 Å². The molecule has 26 heavy (non-hydrogen) atoms. The second-order valence-corrected chi connectivity index (χ2v) is 12.3. The van der Waals surface area contributed by atoms with Crippen LogP contribution < -0.4 is 0 Å². The second kappa shape index (κ2) is 8.44. The highest BCUT2D eigenvalue weighted by molar-refractivity contribution is 7.88. The molecule has 1 unspecified atom stereocenters. The van der Waals surface area contributed by atoms with Gasteiger partial charge in [-0.15, -0.1) is 0 Å². The Kier molecular flexibility index (Phi) is 7.52. The van der Waals surface area contributed by atoms with Crippen molar-refractivity contribution in [3.8, 4) is 0 Å². The monoisotopic (exact) mass is 410 g/mol. The summed E-state index contributed by atoms with van der Waals surface area (Å²) in [6.45, 7) is 9.55. The molecule has 1 atom stereocenters. The first-order valence-electron chi connectivity index (χ1n) is 8.90. The largest absolute Gasteiger partial charge is 0.522 e. The van der Waals surface area contributed by atoms with E-state index in [2.05, 4.69) is 0 Å². The molecule has 0 radical (unpaired) electrons. The highest BCUT2D eigenvalue weighted by Gasteiger charge is 2.52. The fourth-order valence-corrected chi connectivity index (χ4v) is 8.87. The molecule has 0 N–H and O–H groups in total. The molecule has 0 heterocycles. The standard InChI is InChI=1S/C18H29F3O3SSi/c1-6-17(7-2,8-3)14-26(24-25(22,23)18(19,20)21)16(4,5)15-12-10-9-11-13-15/h9-13,26H,6-8,14H2,1-5H3. The van der Waals surface area contributed by atoms with E-state index in [0.29, 0.717) is 6.04 Å². The molecule has 3 nitrogen and oxygen atoms in total. The SMILES string of the molecule is CCC(CC)(CC)C[SiH](OS(=O)(=O)C(F)(F)F)C(C)(C)c1ccccc1. The van der Waals surface area contributed by atoms with Gasteiger partial charge in [0.05, 0.1) is 0 Å². The van der Waals surface area contributed by atoms with E-state index in [1.807, 2.05) is 39.0 Å². The minimum absolute atomic E-state index is 0.218. The summed E-state index contributed by atoms with van der Waals surface area (Å²) in [4.78, 5) is 0. The smallest absolute Gasteiger partial charge is 0.311 e. The molecule has 1 rings (SSSR count). The molecule has 0 aliphatic heterocycles.